The van der Waals surface area contributed by atoms with Gasteiger partial charge in [-0.1, -0.05) is 31.0 Å². The minimum atomic E-state index is -3.38. The number of ether oxygens (including phenoxy) is 1. The van der Waals surface area contributed by atoms with Crippen LogP contribution in [0.5, 0.6) is 5.75 Å². The smallest absolute Gasteiger partial charge is 0.264 e. The molecule has 0 aliphatic heterocycles. The second-order valence-corrected chi connectivity index (χ2v) is 7.03. The van der Waals surface area contributed by atoms with Gasteiger partial charge in [0, 0.05) is 0 Å². The maximum absolute atomic E-state index is 11.2. The molecule has 0 spiro atoms. The van der Waals surface area contributed by atoms with Crippen molar-refractivity contribution in [1.82, 2.24) is 0 Å². The monoisotopic (exact) mass is 298 g/mol. The molecule has 0 heterocycles. The van der Waals surface area contributed by atoms with Crippen molar-refractivity contribution in [3.63, 3.8) is 0 Å². The second kappa shape index (κ2) is 6.59. The molecular formula is C15H22O4S. The molecule has 1 aromatic rings. The van der Waals surface area contributed by atoms with Crippen LogP contribution in [0.2, 0.25) is 0 Å². The topological polar surface area (TPSA) is 52.6 Å². The second-order valence-electron chi connectivity index (χ2n) is 5.38. The van der Waals surface area contributed by atoms with Crippen molar-refractivity contribution in [2.45, 2.75) is 31.6 Å². The summed E-state index contributed by atoms with van der Waals surface area (Å²) in [6.45, 7) is 0.265. The van der Waals surface area contributed by atoms with Crippen molar-refractivity contribution < 1.29 is 17.3 Å². The summed E-state index contributed by atoms with van der Waals surface area (Å²) in [5, 5.41) is 0. The van der Waals surface area contributed by atoms with E-state index in [9.17, 15) is 8.42 Å². The summed E-state index contributed by atoms with van der Waals surface area (Å²) in [6, 6.07) is 7.98. The van der Waals surface area contributed by atoms with Gasteiger partial charge >= 0.3 is 0 Å². The van der Waals surface area contributed by atoms with E-state index in [1.165, 1.54) is 0 Å². The predicted molar refractivity (Wildman–Crippen MR) is 78.5 cm³/mol. The van der Waals surface area contributed by atoms with Crippen molar-refractivity contribution in [2.75, 3.05) is 20.0 Å². The number of benzene rings is 1. The zero-order chi connectivity index (χ0) is 14.6. The van der Waals surface area contributed by atoms with Gasteiger partial charge in [0.05, 0.1) is 20.0 Å². The van der Waals surface area contributed by atoms with Crippen LogP contribution in [0.4, 0.5) is 0 Å². The number of rotatable bonds is 5. The van der Waals surface area contributed by atoms with Gasteiger partial charge in [0.15, 0.2) is 0 Å². The van der Waals surface area contributed by atoms with Gasteiger partial charge in [0.1, 0.15) is 5.75 Å². The number of hydrogen-bond acceptors (Lipinski definition) is 4. The molecule has 1 aliphatic carbocycles. The fraction of sp³-hybridized carbons (Fsp3) is 0.600. The van der Waals surface area contributed by atoms with Crippen LogP contribution in [-0.4, -0.2) is 28.4 Å². The lowest BCUT2D eigenvalue weighted by atomic mass is 9.75. The SMILES string of the molecule is COc1ccccc1[C@@H]1CCCC[C@H]1COS(C)(=O)=O. The third kappa shape index (κ3) is 3.96. The maximum atomic E-state index is 11.2. The predicted octanol–water partition coefficient (Wildman–Crippen LogP) is 2.95. The van der Waals surface area contributed by atoms with E-state index in [-0.39, 0.29) is 12.5 Å². The van der Waals surface area contributed by atoms with Crippen LogP contribution in [0.25, 0.3) is 0 Å². The number of methoxy groups -OCH3 is 1. The summed E-state index contributed by atoms with van der Waals surface area (Å²) in [7, 11) is -1.71. The quantitative estimate of drug-likeness (QED) is 0.784. The molecule has 4 nitrogen and oxygen atoms in total. The lowest BCUT2D eigenvalue weighted by Gasteiger charge is -2.32. The molecule has 0 unspecified atom stereocenters. The normalized spacial score (nSPS) is 23.5. The minimum absolute atomic E-state index is 0.231. The highest BCUT2D eigenvalue weighted by Crippen LogP contribution is 2.41. The first-order valence-corrected chi connectivity index (χ1v) is 8.80. The minimum Gasteiger partial charge on any atom is -0.496 e. The molecule has 0 radical (unpaired) electrons. The Morgan fingerprint density at radius 1 is 1.20 bits per heavy atom. The van der Waals surface area contributed by atoms with Crippen molar-refractivity contribution in [3.8, 4) is 5.75 Å². The summed E-state index contributed by atoms with van der Waals surface area (Å²) in [6.07, 6.45) is 5.45. The average Bonchev–Trinajstić information content (AvgIpc) is 2.44. The molecule has 112 valence electrons. The van der Waals surface area contributed by atoms with E-state index in [1.807, 2.05) is 18.2 Å². The van der Waals surface area contributed by atoms with Gasteiger partial charge in [-0.25, -0.2) is 0 Å². The molecule has 20 heavy (non-hydrogen) atoms. The molecule has 5 heteroatoms. The summed E-state index contributed by atoms with van der Waals surface area (Å²) in [4.78, 5) is 0. The standard InChI is InChI=1S/C15H22O4S/c1-18-15-10-6-5-9-14(15)13-8-4-3-7-12(13)11-19-20(2,16)17/h5-6,9-10,12-13H,3-4,7-8,11H2,1-2H3/t12-,13+/m0/s1. The maximum Gasteiger partial charge on any atom is 0.264 e. The summed E-state index contributed by atoms with van der Waals surface area (Å²) < 4.78 is 32.8. The van der Waals surface area contributed by atoms with E-state index in [0.717, 1.165) is 43.3 Å². The molecule has 0 N–H and O–H groups in total. The van der Waals surface area contributed by atoms with Gasteiger partial charge in [-0.05, 0) is 36.3 Å². The molecule has 0 aromatic heterocycles. The first-order chi connectivity index (χ1) is 9.51. The molecule has 0 amide bonds. The van der Waals surface area contributed by atoms with Crippen LogP contribution in [0.15, 0.2) is 24.3 Å². The highest BCUT2D eigenvalue weighted by atomic mass is 32.2. The zero-order valence-electron chi connectivity index (χ0n) is 12.0. The molecule has 1 aromatic carbocycles. The van der Waals surface area contributed by atoms with E-state index in [4.69, 9.17) is 8.92 Å². The van der Waals surface area contributed by atoms with Crippen LogP contribution in [0.3, 0.4) is 0 Å². The van der Waals surface area contributed by atoms with E-state index in [2.05, 4.69) is 6.07 Å². The average molecular weight is 298 g/mol. The Kier molecular flexibility index (Phi) is 5.05. The Labute approximate surface area is 121 Å². The van der Waals surface area contributed by atoms with Crippen molar-refractivity contribution in [2.24, 2.45) is 5.92 Å². The van der Waals surface area contributed by atoms with Crippen LogP contribution >= 0.6 is 0 Å². The van der Waals surface area contributed by atoms with E-state index in [0.29, 0.717) is 5.92 Å². The highest BCUT2D eigenvalue weighted by Gasteiger charge is 2.29. The third-order valence-electron chi connectivity index (χ3n) is 3.94. The largest absolute Gasteiger partial charge is 0.496 e. The third-order valence-corrected chi connectivity index (χ3v) is 4.51. The first kappa shape index (κ1) is 15.3. The highest BCUT2D eigenvalue weighted by molar-refractivity contribution is 7.85. The van der Waals surface area contributed by atoms with Gasteiger partial charge < -0.3 is 4.74 Å². The molecule has 2 rings (SSSR count). The first-order valence-electron chi connectivity index (χ1n) is 6.98. The fourth-order valence-corrected chi connectivity index (χ4v) is 3.42. The van der Waals surface area contributed by atoms with Gasteiger partial charge in [-0.2, -0.15) is 8.42 Å². The van der Waals surface area contributed by atoms with Gasteiger partial charge in [-0.15, -0.1) is 0 Å². The van der Waals surface area contributed by atoms with Crippen molar-refractivity contribution >= 4 is 10.1 Å². The van der Waals surface area contributed by atoms with Crippen LogP contribution < -0.4 is 4.74 Å². The Morgan fingerprint density at radius 3 is 2.60 bits per heavy atom. The van der Waals surface area contributed by atoms with Crippen LogP contribution in [-0.2, 0) is 14.3 Å². The van der Waals surface area contributed by atoms with Gasteiger partial charge in [-0.3, -0.25) is 4.18 Å². The Bertz CT molecular complexity index is 539. The lowest BCUT2D eigenvalue weighted by molar-refractivity contribution is 0.190. The lowest BCUT2D eigenvalue weighted by Crippen LogP contribution is -2.24. The summed E-state index contributed by atoms with van der Waals surface area (Å²) in [5.41, 5.74) is 1.16. The number of hydrogen-bond donors (Lipinski definition) is 0. The fourth-order valence-electron chi connectivity index (χ4n) is 3.00. The summed E-state index contributed by atoms with van der Waals surface area (Å²) >= 11 is 0. The molecule has 0 saturated heterocycles. The zero-order valence-corrected chi connectivity index (χ0v) is 12.9. The molecular weight excluding hydrogens is 276 g/mol. The van der Waals surface area contributed by atoms with Crippen LogP contribution in [0.1, 0.15) is 37.2 Å². The van der Waals surface area contributed by atoms with Gasteiger partial charge in [0.25, 0.3) is 10.1 Å². The molecule has 0 bridgehead atoms. The van der Waals surface area contributed by atoms with Gasteiger partial charge in [0.2, 0.25) is 0 Å². The Morgan fingerprint density at radius 2 is 1.90 bits per heavy atom. The Balaban J connectivity index is 2.18. The summed E-state index contributed by atoms with van der Waals surface area (Å²) in [5.74, 6) is 1.42. The van der Waals surface area contributed by atoms with E-state index >= 15 is 0 Å². The van der Waals surface area contributed by atoms with E-state index in [1.54, 1.807) is 7.11 Å². The molecule has 2 atom stereocenters. The molecule has 1 fully saturated rings. The van der Waals surface area contributed by atoms with Crippen LogP contribution in [0, 0.1) is 5.92 Å². The Hall–Kier alpha value is -1.07. The van der Waals surface area contributed by atoms with Crippen molar-refractivity contribution in [1.29, 1.82) is 0 Å². The van der Waals surface area contributed by atoms with E-state index < -0.39 is 10.1 Å². The molecule has 1 aliphatic rings. The molecule has 1 saturated carbocycles. The number of para-hydroxylation sites is 1. The van der Waals surface area contributed by atoms with Crippen molar-refractivity contribution in [3.05, 3.63) is 29.8 Å².